The number of rotatable bonds is 7. The molecule has 2 heteroatoms. The molecule has 0 amide bonds. The summed E-state index contributed by atoms with van der Waals surface area (Å²) in [7, 11) is 0. The number of furan rings is 1. The fourth-order valence-corrected chi connectivity index (χ4v) is 11.2. The van der Waals surface area contributed by atoms with E-state index < -0.39 is 5.41 Å². The molecule has 2 aliphatic rings. The van der Waals surface area contributed by atoms with Crippen molar-refractivity contribution in [1.82, 2.24) is 0 Å². The summed E-state index contributed by atoms with van der Waals surface area (Å²) in [5.41, 5.74) is 16.0. The first-order valence-corrected chi connectivity index (χ1v) is 22.0. The number of hydrogen-bond donors (Lipinski definition) is 0. The average Bonchev–Trinajstić information content (AvgIpc) is 3.87. The number of fused-ring (bicyclic) bond motifs is 7. The molecule has 0 unspecified atom stereocenters. The Bertz CT molecular complexity index is 3200. The van der Waals surface area contributed by atoms with Crippen molar-refractivity contribution in [3.63, 3.8) is 0 Å². The number of para-hydroxylation sites is 3. The Morgan fingerprint density at radius 3 is 1.80 bits per heavy atom. The summed E-state index contributed by atoms with van der Waals surface area (Å²) in [6, 6.07) is 76.3. The second-order valence-electron chi connectivity index (χ2n) is 16.9. The van der Waals surface area contributed by atoms with Gasteiger partial charge in [-0.25, -0.2) is 0 Å². The Labute approximate surface area is 357 Å². The molecule has 1 fully saturated rings. The van der Waals surface area contributed by atoms with Crippen molar-refractivity contribution in [2.45, 2.75) is 43.4 Å². The van der Waals surface area contributed by atoms with Gasteiger partial charge < -0.3 is 9.32 Å². The summed E-state index contributed by atoms with van der Waals surface area (Å²) in [6.07, 6.45) is 6.41. The average molecular weight is 784 g/mol. The normalized spacial score (nSPS) is 14.6. The highest BCUT2D eigenvalue weighted by molar-refractivity contribution is 6.12. The SMILES string of the molecule is c1ccc(C2(c3ccccc3)c3ccccc3-c3c(N(c4ccccc4-c4cccc5cccc(C6CCCCC6)c45)c4cccc5c4oc4ccccc45)cccc32)cc1. The van der Waals surface area contributed by atoms with Gasteiger partial charge in [-0.2, -0.15) is 0 Å². The Balaban J connectivity index is 1.19. The minimum atomic E-state index is -0.536. The lowest BCUT2D eigenvalue weighted by molar-refractivity contribution is 0.445. The molecule has 0 radical (unpaired) electrons. The van der Waals surface area contributed by atoms with Gasteiger partial charge in [-0.05, 0) is 92.7 Å². The van der Waals surface area contributed by atoms with Crippen LogP contribution in [0.2, 0.25) is 0 Å². The van der Waals surface area contributed by atoms with Crippen LogP contribution in [0.15, 0.2) is 211 Å². The minimum absolute atomic E-state index is 0.536. The molecule has 1 heterocycles. The highest BCUT2D eigenvalue weighted by Crippen LogP contribution is 2.60. The van der Waals surface area contributed by atoms with Crippen LogP contribution in [-0.2, 0) is 5.41 Å². The third-order valence-corrected chi connectivity index (χ3v) is 13.7. The van der Waals surface area contributed by atoms with Crippen molar-refractivity contribution in [1.29, 1.82) is 0 Å². The van der Waals surface area contributed by atoms with E-state index in [0.29, 0.717) is 5.92 Å². The van der Waals surface area contributed by atoms with Gasteiger partial charge in [-0.15, -0.1) is 0 Å². The van der Waals surface area contributed by atoms with Crippen molar-refractivity contribution < 1.29 is 4.42 Å². The van der Waals surface area contributed by atoms with Crippen molar-refractivity contribution in [3.8, 4) is 22.3 Å². The zero-order valence-corrected chi connectivity index (χ0v) is 34.1. The van der Waals surface area contributed by atoms with Crippen LogP contribution in [0, 0.1) is 0 Å². The summed E-state index contributed by atoms with van der Waals surface area (Å²) in [4.78, 5) is 2.52. The van der Waals surface area contributed by atoms with E-state index in [9.17, 15) is 0 Å². The van der Waals surface area contributed by atoms with Gasteiger partial charge in [-0.3, -0.25) is 0 Å². The Hall–Kier alpha value is -7.16. The molecule has 9 aromatic carbocycles. The fraction of sp³-hybridized carbons (Fsp3) is 0.119. The van der Waals surface area contributed by atoms with Gasteiger partial charge in [0.1, 0.15) is 5.58 Å². The highest BCUT2D eigenvalue weighted by Gasteiger charge is 2.47. The lowest BCUT2D eigenvalue weighted by Crippen LogP contribution is -2.28. The van der Waals surface area contributed by atoms with E-state index in [1.54, 1.807) is 0 Å². The number of anilines is 3. The zero-order chi connectivity index (χ0) is 40.3. The maximum atomic E-state index is 6.95. The van der Waals surface area contributed by atoms with Crippen molar-refractivity contribution in [3.05, 3.63) is 234 Å². The molecular weight excluding hydrogens is 739 g/mol. The molecule has 10 aromatic rings. The molecule has 12 rings (SSSR count). The highest BCUT2D eigenvalue weighted by atomic mass is 16.3. The van der Waals surface area contributed by atoms with Crippen LogP contribution >= 0.6 is 0 Å². The van der Waals surface area contributed by atoms with Crippen LogP contribution in [-0.4, -0.2) is 0 Å². The summed E-state index contributed by atoms with van der Waals surface area (Å²) in [5.74, 6) is 0.559. The largest absolute Gasteiger partial charge is 0.454 e. The summed E-state index contributed by atoms with van der Waals surface area (Å²) in [5, 5.41) is 4.90. The van der Waals surface area contributed by atoms with Crippen LogP contribution in [0.1, 0.15) is 65.8 Å². The number of benzene rings is 9. The zero-order valence-electron chi connectivity index (χ0n) is 34.1. The first kappa shape index (κ1) is 35.8. The minimum Gasteiger partial charge on any atom is -0.454 e. The second-order valence-corrected chi connectivity index (χ2v) is 16.9. The molecule has 0 aliphatic heterocycles. The van der Waals surface area contributed by atoms with E-state index in [4.69, 9.17) is 4.42 Å². The van der Waals surface area contributed by atoms with Crippen molar-refractivity contribution in [2.75, 3.05) is 4.90 Å². The Morgan fingerprint density at radius 1 is 0.426 bits per heavy atom. The van der Waals surface area contributed by atoms with Crippen LogP contribution in [0.5, 0.6) is 0 Å². The van der Waals surface area contributed by atoms with Crippen LogP contribution < -0.4 is 4.90 Å². The third-order valence-electron chi connectivity index (χ3n) is 13.7. The van der Waals surface area contributed by atoms with Gasteiger partial charge in [0, 0.05) is 21.9 Å². The first-order valence-electron chi connectivity index (χ1n) is 22.0. The van der Waals surface area contributed by atoms with Gasteiger partial charge >= 0.3 is 0 Å². The molecule has 61 heavy (non-hydrogen) atoms. The lowest BCUT2D eigenvalue weighted by atomic mass is 9.68. The van der Waals surface area contributed by atoms with Gasteiger partial charge in [0.05, 0.1) is 22.5 Å². The smallest absolute Gasteiger partial charge is 0.159 e. The van der Waals surface area contributed by atoms with E-state index in [2.05, 4.69) is 211 Å². The van der Waals surface area contributed by atoms with Crippen molar-refractivity contribution in [2.24, 2.45) is 0 Å². The Morgan fingerprint density at radius 2 is 1.00 bits per heavy atom. The number of hydrogen-bond acceptors (Lipinski definition) is 2. The van der Waals surface area contributed by atoms with E-state index >= 15 is 0 Å². The summed E-state index contributed by atoms with van der Waals surface area (Å²) < 4.78 is 6.95. The van der Waals surface area contributed by atoms with Crippen molar-refractivity contribution >= 4 is 49.8 Å². The molecule has 2 nitrogen and oxygen atoms in total. The van der Waals surface area contributed by atoms with E-state index in [-0.39, 0.29) is 0 Å². The molecule has 0 bridgehead atoms. The third kappa shape index (κ3) is 5.48. The standard InChI is InChI=1S/C59H45NO/c1-4-20-40(21-5-1)44-31-16-22-41-23-17-32-47(56(41)44)45-28-11-14-36-52(45)60(54-38-18-33-48-46-29-12-15-39-55(46)61-58(48)54)53-37-19-35-51-57(53)49-30-10-13-34-50(49)59(51,42-24-6-2-7-25-42)43-26-8-3-9-27-43/h2-3,6-19,22-40H,1,4-5,20-21H2. The predicted octanol–water partition coefficient (Wildman–Crippen LogP) is 16.3. The van der Waals surface area contributed by atoms with E-state index in [1.165, 1.54) is 92.9 Å². The molecule has 0 spiro atoms. The molecule has 0 atom stereocenters. The second kappa shape index (κ2) is 14.5. The molecule has 0 N–H and O–H groups in total. The fourth-order valence-electron chi connectivity index (χ4n) is 11.2. The monoisotopic (exact) mass is 783 g/mol. The van der Waals surface area contributed by atoms with Crippen LogP contribution in [0.4, 0.5) is 17.1 Å². The van der Waals surface area contributed by atoms with Crippen LogP contribution in [0.25, 0.3) is 55.0 Å². The van der Waals surface area contributed by atoms with Gasteiger partial charge in [0.2, 0.25) is 0 Å². The van der Waals surface area contributed by atoms with E-state index in [1.807, 2.05) is 0 Å². The number of nitrogens with zero attached hydrogens (tertiary/aromatic N) is 1. The topological polar surface area (TPSA) is 16.4 Å². The molecule has 1 saturated carbocycles. The molecule has 292 valence electrons. The molecular formula is C59H45NO. The van der Waals surface area contributed by atoms with E-state index in [0.717, 1.165) is 39.0 Å². The maximum absolute atomic E-state index is 6.95. The van der Waals surface area contributed by atoms with Gasteiger partial charge in [-0.1, -0.05) is 201 Å². The Kier molecular flexibility index (Phi) is 8.52. The maximum Gasteiger partial charge on any atom is 0.159 e. The lowest BCUT2D eigenvalue weighted by Gasteiger charge is -2.34. The summed E-state index contributed by atoms with van der Waals surface area (Å²) in [6.45, 7) is 0. The molecule has 1 aromatic heterocycles. The summed E-state index contributed by atoms with van der Waals surface area (Å²) >= 11 is 0. The van der Waals surface area contributed by atoms with Crippen LogP contribution in [0.3, 0.4) is 0 Å². The predicted molar refractivity (Wildman–Crippen MR) is 254 cm³/mol. The molecule has 2 aliphatic carbocycles. The quantitative estimate of drug-likeness (QED) is 0.160. The molecule has 0 saturated heterocycles. The van der Waals surface area contributed by atoms with Gasteiger partial charge in [0.25, 0.3) is 0 Å². The van der Waals surface area contributed by atoms with Gasteiger partial charge in [0.15, 0.2) is 5.58 Å². The first-order chi connectivity index (χ1) is 30.3.